The molecule has 0 N–H and O–H groups in total. The highest BCUT2D eigenvalue weighted by atomic mass is 16.5. The van der Waals surface area contributed by atoms with Gasteiger partial charge in [-0.15, -0.1) is 0 Å². The first-order valence-electron chi connectivity index (χ1n) is 7.91. The van der Waals surface area contributed by atoms with E-state index in [1.807, 2.05) is 19.3 Å². The van der Waals surface area contributed by atoms with Crippen molar-refractivity contribution < 1.29 is 4.74 Å². The number of aromatic nitrogens is 4. The zero-order valence-electron chi connectivity index (χ0n) is 13.2. The van der Waals surface area contributed by atoms with Crippen LogP contribution in [0.1, 0.15) is 12.8 Å². The van der Waals surface area contributed by atoms with Gasteiger partial charge < -0.3 is 14.5 Å². The summed E-state index contributed by atoms with van der Waals surface area (Å²) in [5.74, 6) is 1.68. The Bertz CT molecular complexity index is 654. The van der Waals surface area contributed by atoms with Gasteiger partial charge in [0.05, 0.1) is 24.4 Å². The van der Waals surface area contributed by atoms with E-state index >= 15 is 0 Å². The Morgan fingerprint density at radius 2 is 2.09 bits per heavy atom. The molecule has 0 aliphatic carbocycles. The molecule has 2 fully saturated rings. The summed E-state index contributed by atoms with van der Waals surface area (Å²) in [5, 5.41) is 0. The van der Waals surface area contributed by atoms with Crippen LogP contribution >= 0.6 is 0 Å². The molecule has 7 heteroatoms. The summed E-state index contributed by atoms with van der Waals surface area (Å²) in [4.78, 5) is 21.6. The van der Waals surface area contributed by atoms with E-state index in [0.717, 1.165) is 37.7 Å². The first-order valence-corrected chi connectivity index (χ1v) is 7.91. The van der Waals surface area contributed by atoms with Gasteiger partial charge in [-0.1, -0.05) is 0 Å². The molecule has 0 bridgehead atoms. The Hall–Kier alpha value is -2.28. The summed E-state index contributed by atoms with van der Waals surface area (Å²) in [7, 11) is 2.04. The number of nitrogens with zero attached hydrogens (tertiary/aromatic N) is 6. The summed E-state index contributed by atoms with van der Waals surface area (Å²) in [6.45, 7) is 2.53. The van der Waals surface area contributed by atoms with Crippen LogP contribution in [0.15, 0.2) is 37.1 Å². The van der Waals surface area contributed by atoms with Gasteiger partial charge in [0.15, 0.2) is 0 Å². The minimum Gasteiger partial charge on any atom is -0.371 e. The van der Waals surface area contributed by atoms with Gasteiger partial charge in [0.2, 0.25) is 5.95 Å². The number of ether oxygens (including phenoxy) is 1. The summed E-state index contributed by atoms with van der Waals surface area (Å²) >= 11 is 0. The highest BCUT2D eigenvalue weighted by molar-refractivity contribution is 5.39. The Labute approximate surface area is 135 Å². The summed E-state index contributed by atoms with van der Waals surface area (Å²) in [6, 6.07) is 2.14. The van der Waals surface area contributed by atoms with Crippen molar-refractivity contribution in [1.82, 2.24) is 19.9 Å². The fraction of sp³-hybridized carbons (Fsp3) is 0.500. The van der Waals surface area contributed by atoms with Crippen LogP contribution in [-0.2, 0) is 4.74 Å². The van der Waals surface area contributed by atoms with Crippen molar-refractivity contribution in [3.8, 4) is 0 Å². The second kappa shape index (κ2) is 5.73. The average molecular weight is 312 g/mol. The SMILES string of the molecule is CN(c1ncccn1)[C@@H]1CO[C@@]2(CCN(c3cnccn3)C2)C1. The maximum Gasteiger partial charge on any atom is 0.225 e. The molecular weight excluding hydrogens is 292 g/mol. The Kier molecular flexibility index (Phi) is 3.57. The smallest absolute Gasteiger partial charge is 0.225 e. The predicted molar refractivity (Wildman–Crippen MR) is 86.4 cm³/mol. The third kappa shape index (κ3) is 2.72. The second-order valence-corrected chi connectivity index (χ2v) is 6.25. The molecule has 4 heterocycles. The van der Waals surface area contributed by atoms with E-state index in [1.54, 1.807) is 24.8 Å². The van der Waals surface area contributed by atoms with Gasteiger partial charge in [-0.3, -0.25) is 4.98 Å². The fourth-order valence-electron chi connectivity index (χ4n) is 3.48. The quantitative estimate of drug-likeness (QED) is 0.842. The molecule has 120 valence electrons. The molecule has 0 unspecified atom stereocenters. The molecule has 23 heavy (non-hydrogen) atoms. The number of anilines is 2. The Morgan fingerprint density at radius 1 is 1.22 bits per heavy atom. The van der Waals surface area contributed by atoms with Gasteiger partial charge in [-0.25, -0.2) is 15.0 Å². The van der Waals surface area contributed by atoms with Gasteiger partial charge in [0.25, 0.3) is 0 Å². The minimum absolute atomic E-state index is 0.0920. The van der Waals surface area contributed by atoms with Gasteiger partial charge >= 0.3 is 0 Å². The van der Waals surface area contributed by atoms with Crippen molar-refractivity contribution in [2.45, 2.75) is 24.5 Å². The maximum atomic E-state index is 6.22. The predicted octanol–water partition coefficient (Wildman–Crippen LogP) is 1.14. The zero-order valence-corrected chi connectivity index (χ0v) is 13.2. The van der Waals surface area contributed by atoms with E-state index in [1.165, 1.54) is 0 Å². The Morgan fingerprint density at radius 3 is 2.87 bits per heavy atom. The molecule has 1 spiro atoms. The lowest BCUT2D eigenvalue weighted by molar-refractivity contribution is 0.0226. The van der Waals surface area contributed by atoms with Crippen molar-refractivity contribution in [2.75, 3.05) is 36.5 Å². The fourth-order valence-corrected chi connectivity index (χ4v) is 3.48. The second-order valence-electron chi connectivity index (χ2n) is 6.25. The molecule has 0 amide bonds. The zero-order chi connectivity index (χ0) is 15.7. The van der Waals surface area contributed by atoms with Crippen molar-refractivity contribution in [2.24, 2.45) is 0 Å². The maximum absolute atomic E-state index is 6.22. The molecule has 0 aromatic carbocycles. The van der Waals surface area contributed by atoms with Crippen LogP contribution in [0.3, 0.4) is 0 Å². The number of likely N-dealkylation sites (N-methyl/N-ethyl adjacent to an activating group) is 1. The first-order chi connectivity index (χ1) is 11.3. The molecule has 0 saturated carbocycles. The Balaban J connectivity index is 1.44. The van der Waals surface area contributed by atoms with Crippen LogP contribution in [-0.4, -0.2) is 58.3 Å². The molecule has 2 aliphatic rings. The molecule has 2 aromatic heterocycles. The number of hydrogen-bond acceptors (Lipinski definition) is 7. The van der Waals surface area contributed by atoms with Gasteiger partial charge in [-0.05, 0) is 12.5 Å². The van der Waals surface area contributed by atoms with E-state index in [2.05, 4.69) is 29.7 Å². The van der Waals surface area contributed by atoms with E-state index in [-0.39, 0.29) is 5.60 Å². The van der Waals surface area contributed by atoms with E-state index in [4.69, 9.17) is 4.74 Å². The molecule has 0 radical (unpaired) electrons. The van der Waals surface area contributed by atoms with Crippen LogP contribution in [0.4, 0.5) is 11.8 Å². The summed E-state index contributed by atoms with van der Waals surface area (Å²) in [5.41, 5.74) is -0.0920. The standard InChI is InChI=1S/C16H20N6O/c1-21(15-19-4-2-5-20-15)13-9-16(23-11-13)3-8-22(12-16)14-10-17-6-7-18-14/h2,4-7,10,13H,3,8-9,11-12H2,1H3/t13-,16-/m0/s1. The number of hydrogen-bond donors (Lipinski definition) is 0. The highest BCUT2D eigenvalue weighted by Gasteiger charge is 2.47. The lowest BCUT2D eigenvalue weighted by atomic mass is 9.97. The largest absolute Gasteiger partial charge is 0.371 e. The van der Waals surface area contributed by atoms with Crippen LogP contribution in [0.25, 0.3) is 0 Å². The molecule has 4 rings (SSSR count). The highest BCUT2D eigenvalue weighted by Crippen LogP contribution is 2.38. The monoisotopic (exact) mass is 312 g/mol. The lowest BCUT2D eigenvalue weighted by Gasteiger charge is -2.26. The topological polar surface area (TPSA) is 67.3 Å². The molecule has 2 atom stereocenters. The summed E-state index contributed by atoms with van der Waals surface area (Å²) < 4.78 is 6.22. The van der Waals surface area contributed by atoms with Crippen LogP contribution in [0, 0.1) is 0 Å². The van der Waals surface area contributed by atoms with Crippen LogP contribution < -0.4 is 9.80 Å². The van der Waals surface area contributed by atoms with Crippen molar-refractivity contribution >= 4 is 11.8 Å². The molecular formula is C16H20N6O. The third-order valence-electron chi connectivity index (χ3n) is 4.79. The van der Waals surface area contributed by atoms with Gasteiger partial charge in [-0.2, -0.15) is 0 Å². The van der Waals surface area contributed by atoms with E-state index in [9.17, 15) is 0 Å². The van der Waals surface area contributed by atoms with Crippen molar-refractivity contribution in [3.63, 3.8) is 0 Å². The normalized spacial score (nSPS) is 26.8. The van der Waals surface area contributed by atoms with Gasteiger partial charge in [0, 0.05) is 51.3 Å². The third-order valence-corrected chi connectivity index (χ3v) is 4.79. The minimum atomic E-state index is -0.0920. The molecule has 2 aliphatic heterocycles. The average Bonchev–Trinajstić information content (AvgIpc) is 3.23. The van der Waals surface area contributed by atoms with Crippen molar-refractivity contribution in [1.29, 1.82) is 0 Å². The van der Waals surface area contributed by atoms with E-state index in [0.29, 0.717) is 12.6 Å². The first kappa shape index (κ1) is 14.3. The summed E-state index contributed by atoms with van der Waals surface area (Å²) in [6.07, 6.45) is 10.8. The van der Waals surface area contributed by atoms with E-state index < -0.39 is 0 Å². The van der Waals surface area contributed by atoms with Crippen molar-refractivity contribution in [3.05, 3.63) is 37.1 Å². The van der Waals surface area contributed by atoms with Crippen LogP contribution in [0.2, 0.25) is 0 Å². The van der Waals surface area contributed by atoms with Crippen LogP contribution in [0.5, 0.6) is 0 Å². The molecule has 7 nitrogen and oxygen atoms in total. The van der Waals surface area contributed by atoms with Gasteiger partial charge in [0.1, 0.15) is 5.82 Å². The molecule has 2 saturated heterocycles. The molecule has 2 aromatic rings. The lowest BCUT2D eigenvalue weighted by Crippen LogP contribution is -2.37. The number of rotatable bonds is 3.